The van der Waals surface area contributed by atoms with Crippen molar-refractivity contribution in [2.45, 2.75) is 63.3 Å². The molecule has 5 rings (SSSR count). The summed E-state index contributed by atoms with van der Waals surface area (Å²) in [6.07, 6.45) is 5.21. The number of amides is 1. The number of aryl methyl sites for hydroxylation is 1. The smallest absolute Gasteiger partial charge is 0.220 e. The largest absolute Gasteiger partial charge is 0.493 e. The zero-order valence-electron chi connectivity index (χ0n) is 27.7. The second kappa shape index (κ2) is 16.1. The van der Waals surface area contributed by atoms with Gasteiger partial charge in [0.2, 0.25) is 5.91 Å². The van der Waals surface area contributed by atoms with Gasteiger partial charge in [-0.25, -0.2) is 8.78 Å². The molecule has 0 aliphatic carbocycles. The Balaban J connectivity index is 1.26. The van der Waals surface area contributed by atoms with E-state index in [0.717, 1.165) is 68.8 Å². The number of carbonyl (C=O) groups excluding carboxylic acids is 1. The number of carbonyl (C=O) groups is 1. The van der Waals surface area contributed by atoms with Crippen LogP contribution in [0.5, 0.6) is 11.5 Å². The number of benzene rings is 4. The quantitative estimate of drug-likeness (QED) is 0.133. The maximum absolute atomic E-state index is 13.6. The van der Waals surface area contributed by atoms with Crippen LogP contribution in [0.15, 0.2) is 91.0 Å². The second-order valence-corrected chi connectivity index (χ2v) is 12.5. The molecule has 0 fully saturated rings. The van der Waals surface area contributed by atoms with Crippen molar-refractivity contribution in [2.24, 2.45) is 0 Å². The molecule has 0 spiro atoms. The summed E-state index contributed by atoms with van der Waals surface area (Å²) in [7, 11) is 3.37. The number of halogens is 2. The van der Waals surface area contributed by atoms with Crippen molar-refractivity contribution in [1.82, 2.24) is 10.2 Å². The highest BCUT2D eigenvalue weighted by Gasteiger charge is 2.34. The first-order chi connectivity index (χ1) is 22.8. The number of hydrogen-bond donors (Lipinski definition) is 1. The average Bonchev–Trinajstić information content (AvgIpc) is 3.11. The van der Waals surface area contributed by atoms with Crippen molar-refractivity contribution in [2.75, 3.05) is 33.9 Å². The maximum Gasteiger partial charge on any atom is 0.220 e. The van der Waals surface area contributed by atoms with Crippen LogP contribution < -0.4 is 14.8 Å². The summed E-state index contributed by atoms with van der Waals surface area (Å²) in [6, 6.07) is 29.8. The number of nitrogens with one attached hydrogen (secondary N) is 1. The first-order valence-corrected chi connectivity index (χ1v) is 16.6. The number of nitrogens with zero attached hydrogens (tertiary/aromatic N) is 1. The molecule has 1 aliphatic rings. The molecule has 1 amide bonds. The Morgan fingerprint density at radius 1 is 0.851 bits per heavy atom. The van der Waals surface area contributed by atoms with Crippen LogP contribution in [0.2, 0.25) is 0 Å². The molecular formula is C40H46F2N2O3. The molecule has 1 N–H and O–H groups in total. The van der Waals surface area contributed by atoms with Gasteiger partial charge in [-0.2, -0.15) is 0 Å². The molecule has 1 unspecified atom stereocenters. The van der Waals surface area contributed by atoms with Gasteiger partial charge in [0.15, 0.2) is 23.1 Å². The van der Waals surface area contributed by atoms with E-state index in [2.05, 4.69) is 89.9 Å². The van der Waals surface area contributed by atoms with E-state index in [-0.39, 0.29) is 23.8 Å². The van der Waals surface area contributed by atoms with Crippen LogP contribution in [0, 0.1) is 11.6 Å². The molecule has 0 saturated heterocycles. The summed E-state index contributed by atoms with van der Waals surface area (Å²) < 4.78 is 38.0. The Morgan fingerprint density at radius 3 is 2.13 bits per heavy atom. The van der Waals surface area contributed by atoms with E-state index in [1.165, 1.54) is 28.3 Å². The highest BCUT2D eigenvalue weighted by molar-refractivity contribution is 5.76. The Hall–Kier alpha value is -4.23. The zero-order chi connectivity index (χ0) is 33.2. The van der Waals surface area contributed by atoms with E-state index < -0.39 is 11.6 Å². The van der Waals surface area contributed by atoms with Crippen molar-refractivity contribution in [3.63, 3.8) is 0 Å². The first kappa shape index (κ1) is 34.1. The van der Waals surface area contributed by atoms with Crippen LogP contribution >= 0.6 is 0 Å². The molecule has 0 aromatic heterocycles. The Bertz CT molecular complexity index is 1570. The minimum atomic E-state index is -0.887. The van der Waals surface area contributed by atoms with Crippen LogP contribution in [0.4, 0.5) is 8.78 Å². The molecule has 0 saturated carbocycles. The van der Waals surface area contributed by atoms with Crippen molar-refractivity contribution < 1.29 is 23.0 Å². The number of fused-ring (bicyclic) bond motifs is 1. The lowest BCUT2D eigenvalue weighted by molar-refractivity contribution is -0.121. The molecule has 4 aromatic carbocycles. The van der Waals surface area contributed by atoms with Gasteiger partial charge in [-0.1, -0.05) is 66.7 Å². The molecule has 5 nitrogen and oxygen atoms in total. The molecule has 4 aromatic rings. The molecule has 47 heavy (non-hydrogen) atoms. The lowest BCUT2D eigenvalue weighted by atomic mass is 9.68. The summed E-state index contributed by atoms with van der Waals surface area (Å²) in [5.74, 6) is -0.309. The van der Waals surface area contributed by atoms with Gasteiger partial charge >= 0.3 is 0 Å². The number of ether oxygens (including phenoxy) is 2. The third-order valence-corrected chi connectivity index (χ3v) is 9.74. The fourth-order valence-corrected chi connectivity index (χ4v) is 7.13. The number of rotatable bonds is 15. The molecule has 1 atom stereocenters. The lowest BCUT2D eigenvalue weighted by Gasteiger charge is -2.39. The minimum absolute atomic E-state index is 0.0895. The van der Waals surface area contributed by atoms with Gasteiger partial charge in [0.05, 0.1) is 14.2 Å². The summed E-state index contributed by atoms with van der Waals surface area (Å²) in [6.45, 7) is 4.78. The van der Waals surface area contributed by atoms with Gasteiger partial charge in [0.1, 0.15) is 0 Å². The summed E-state index contributed by atoms with van der Waals surface area (Å²) in [5, 5.41) is 3.06. The molecule has 0 bridgehead atoms. The van der Waals surface area contributed by atoms with Gasteiger partial charge in [0.25, 0.3) is 0 Å². The van der Waals surface area contributed by atoms with Crippen LogP contribution in [0.3, 0.4) is 0 Å². The highest BCUT2D eigenvalue weighted by atomic mass is 19.2. The van der Waals surface area contributed by atoms with Crippen molar-refractivity contribution in [1.29, 1.82) is 0 Å². The van der Waals surface area contributed by atoms with Crippen LogP contribution in [0.25, 0.3) is 0 Å². The summed E-state index contributed by atoms with van der Waals surface area (Å²) >= 11 is 0. The third-order valence-electron chi connectivity index (χ3n) is 9.74. The topological polar surface area (TPSA) is 50.8 Å². The van der Waals surface area contributed by atoms with Gasteiger partial charge < -0.3 is 14.8 Å². The predicted molar refractivity (Wildman–Crippen MR) is 183 cm³/mol. The molecule has 1 aliphatic heterocycles. The molecule has 7 heteroatoms. The summed E-state index contributed by atoms with van der Waals surface area (Å²) in [4.78, 5) is 15.2. The van der Waals surface area contributed by atoms with E-state index in [9.17, 15) is 13.6 Å². The predicted octanol–water partition coefficient (Wildman–Crippen LogP) is 8.20. The van der Waals surface area contributed by atoms with Crippen molar-refractivity contribution in [3.8, 4) is 11.5 Å². The van der Waals surface area contributed by atoms with Crippen molar-refractivity contribution in [3.05, 3.63) is 130 Å². The van der Waals surface area contributed by atoms with Crippen LogP contribution in [-0.4, -0.2) is 44.7 Å². The maximum atomic E-state index is 13.6. The van der Waals surface area contributed by atoms with Crippen molar-refractivity contribution >= 4 is 5.91 Å². The Labute approximate surface area is 277 Å². The molecule has 1 heterocycles. The fourth-order valence-electron chi connectivity index (χ4n) is 7.13. The normalized spacial score (nSPS) is 14.8. The standard InChI is InChI=1S/C40H46F2N2O3/c1-29-34-28-38(47-3)37(46-2)27-31(34)20-25-44(29)24-11-22-40(32-12-6-4-7-13-32,33-14-8-5-9-15-33)21-10-23-43-39(45)19-17-30-16-18-35(41)36(42)26-30/h4-9,12-16,18,26-29H,10-11,17,19-25H2,1-3H3,(H,43,45). The lowest BCUT2D eigenvalue weighted by Crippen LogP contribution is -2.36. The Morgan fingerprint density at radius 2 is 1.49 bits per heavy atom. The summed E-state index contributed by atoms with van der Waals surface area (Å²) in [5.41, 5.74) is 5.57. The average molecular weight is 641 g/mol. The van der Waals surface area contributed by atoms with E-state index in [1.807, 2.05) is 0 Å². The van der Waals surface area contributed by atoms with Crippen LogP contribution in [0.1, 0.15) is 72.9 Å². The van der Waals surface area contributed by atoms with E-state index >= 15 is 0 Å². The van der Waals surface area contributed by atoms with E-state index in [4.69, 9.17) is 9.47 Å². The number of methoxy groups -OCH3 is 2. The molecular weight excluding hydrogens is 594 g/mol. The second-order valence-electron chi connectivity index (χ2n) is 12.5. The van der Waals surface area contributed by atoms with Crippen LogP contribution in [-0.2, 0) is 23.1 Å². The molecule has 0 radical (unpaired) electrons. The van der Waals surface area contributed by atoms with Gasteiger partial charge in [-0.3, -0.25) is 9.69 Å². The van der Waals surface area contributed by atoms with E-state index in [0.29, 0.717) is 18.5 Å². The first-order valence-electron chi connectivity index (χ1n) is 16.6. The monoisotopic (exact) mass is 640 g/mol. The zero-order valence-corrected chi connectivity index (χ0v) is 27.7. The number of hydrogen-bond acceptors (Lipinski definition) is 4. The van der Waals surface area contributed by atoms with E-state index in [1.54, 1.807) is 14.2 Å². The van der Waals surface area contributed by atoms with Gasteiger partial charge in [-0.15, -0.1) is 0 Å². The SMILES string of the molecule is COc1cc2c(cc1OC)C(C)N(CCCC(CCCNC(=O)CCc1ccc(F)c(F)c1)(c1ccccc1)c1ccccc1)CC2. The fraction of sp³-hybridized carbons (Fsp3) is 0.375. The minimum Gasteiger partial charge on any atom is -0.493 e. The molecule has 248 valence electrons. The van der Waals surface area contributed by atoms with Gasteiger partial charge in [-0.05, 0) is 104 Å². The highest BCUT2D eigenvalue weighted by Crippen LogP contribution is 2.42. The third kappa shape index (κ3) is 8.20. The Kier molecular flexibility index (Phi) is 11.6. The van der Waals surface area contributed by atoms with Gasteiger partial charge in [0, 0.05) is 31.0 Å².